The highest BCUT2D eigenvalue weighted by molar-refractivity contribution is 8.32. The Morgan fingerprint density at radius 2 is 1.11 bits per heavy atom. The van der Waals surface area contributed by atoms with Gasteiger partial charge in [-0.05, 0) is 60.5 Å². The SMILES string of the molecule is CCc1ccc(S([OH+]S(=O)(=O)c2ccccc2C(F)(F)F)(c2ccccc2)c2ccccc2)cc1. The number of alkyl halides is 3. The molecule has 4 rings (SSSR count). The fourth-order valence-corrected chi connectivity index (χ4v) is 9.50. The van der Waals surface area contributed by atoms with Crippen LogP contribution in [0.25, 0.3) is 0 Å². The van der Waals surface area contributed by atoms with Gasteiger partial charge in [-0.25, -0.2) is 0 Å². The van der Waals surface area contributed by atoms with Gasteiger partial charge in [0.05, 0.1) is 30.6 Å². The van der Waals surface area contributed by atoms with Gasteiger partial charge >= 0.3 is 16.3 Å². The molecule has 35 heavy (non-hydrogen) atoms. The average molecular weight is 518 g/mol. The van der Waals surface area contributed by atoms with Crippen LogP contribution in [-0.4, -0.2) is 12.0 Å². The second-order valence-electron chi connectivity index (χ2n) is 7.75. The van der Waals surface area contributed by atoms with Crippen molar-refractivity contribution in [2.45, 2.75) is 39.1 Å². The van der Waals surface area contributed by atoms with Crippen LogP contribution < -0.4 is 0 Å². The quantitative estimate of drug-likeness (QED) is 0.184. The highest BCUT2D eigenvalue weighted by atomic mass is 32.3. The van der Waals surface area contributed by atoms with Gasteiger partial charge in [0.15, 0.2) is 4.90 Å². The Balaban J connectivity index is 2.02. The molecule has 4 aromatic carbocycles. The number of halogens is 3. The topological polar surface area (TPSA) is 46.9 Å². The number of rotatable bonds is 7. The first kappa shape index (κ1) is 25.0. The van der Waals surface area contributed by atoms with Crippen molar-refractivity contribution in [3.05, 3.63) is 120 Å². The molecule has 4 aromatic rings. The molecule has 0 aliphatic heterocycles. The van der Waals surface area contributed by atoms with E-state index in [1.807, 2.05) is 31.2 Å². The summed E-state index contributed by atoms with van der Waals surface area (Å²) in [6.45, 7) is 2.01. The number of hydrogen-bond donors (Lipinski definition) is 0. The van der Waals surface area contributed by atoms with Crippen molar-refractivity contribution in [2.24, 2.45) is 0 Å². The predicted octanol–water partition coefficient (Wildman–Crippen LogP) is 7.95. The molecule has 1 N–H and O–H groups in total. The summed E-state index contributed by atoms with van der Waals surface area (Å²) in [5.41, 5.74) is -0.187. The molecule has 0 aromatic heterocycles. The Hall–Kier alpha value is -3.07. The monoisotopic (exact) mass is 517 g/mol. The standard InChI is InChI=1S/C27H23F3O3S2/c1-2-21-17-19-24(20-18-21)34(22-11-5-3-6-12-22,23-13-7-4-8-14-23)33-35(31,32)26-16-10-9-15-25(26)27(28,29)30/h3-20H,2H2,1H3/p+1. The molecule has 0 heterocycles. The summed E-state index contributed by atoms with van der Waals surface area (Å²) < 4.78 is 73.1. The Kier molecular flexibility index (Phi) is 7.07. The van der Waals surface area contributed by atoms with E-state index in [0.717, 1.165) is 24.1 Å². The third-order valence-corrected chi connectivity index (χ3v) is 11.0. The average Bonchev–Trinajstić information content (AvgIpc) is 2.88. The highest BCUT2D eigenvalue weighted by Crippen LogP contribution is 2.68. The Labute approximate surface area is 204 Å². The predicted molar refractivity (Wildman–Crippen MR) is 132 cm³/mol. The van der Waals surface area contributed by atoms with E-state index in [9.17, 15) is 21.6 Å². The van der Waals surface area contributed by atoms with Crippen molar-refractivity contribution in [2.75, 3.05) is 0 Å². The van der Waals surface area contributed by atoms with E-state index in [2.05, 4.69) is 3.63 Å². The fourth-order valence-electron chi connectivity index (χ4n) is 3.81. The van der Waals surface area contributed by atoms with Crippen molar-refractivity contribution < 1.29 is 25.2 Å². The van der Waals surface area contributed by atoms with Crippen LogP contribution in [-0.2, 0) is 22.7 Å². The van der Waals surface area contributed by atoms with Gasteiger partial charge < -0.3 is 0 Å². The van der Waals surface area contributed by atoms with Gasteiger partial charge in [-0.15, -0.1) is 8.42 Å². The summed E-state index contributed by atoms with van der Waals surface area (Å²) in [5.74, 6) is 0. The number of aryl methyl sites for hydroxylation is 1. The molecule has 182 valence electrons. The van der Waals surface area contributed by atoms with Crippen LogP contribution >= 0.6 is 10.3 Å². The zero-order valence-corrected chi connectivity index (χ0v) is 20.4. The number of hydrogen-bond acceptors (Lipinski definition) is 2. The van der Waals surface area contributed by atoms with Crippen LogP contribution in [0.4, 0.5) is 13.2 Å². The lowest BCUT2D eigenvalue weighted by molar-refractivity contribution is -0.140. The third kappa shape index (κ3) is 5.00. The second kappa shape index (κ2) is 9.89. The zero-order valence-electron chi connectivity index (χ0n) is 18.8. The van der Waals surface area contributed by atoms with Gasteiger partial charge in [0, 0.05) is 0 Å². The first-order valence-electron chi connectivity index (χ1n) is 10.9. The maximum absolute atomic E-state index is 13.8. The van der Waals surface area contributed by atoms with E-state index in [0.29, 0.717) is 14.7 Å². The van der Waals surface area contributed by atoms with Crippen LogP contribution in [0.3, 0.4) is 0 Å². The molecule has 0 aliphatic rings. The third-order valence-electron chi connectivity index (χ3n) is 5.52. The molecule has 0 bridgehead atoms. The minimum Gasteiger partial charge on any atom is -0.258 e. The van der Waals surface area contributed by atoms with Crippen LogP contribution in [0.2, 0.25) is 0 Å². The summed E-state index contributed by atoms with van der Waals surface area (Å²) in [6.07, 6.45) is -4.06. The van der Waals surface area contributed by atoms with Gasteiger partial charge in [-0.1, -0.05) is 67.6 Å². The van der Waals surface area contributed by atoms with E-state index in [1.54, 1.807) is 60.7 Å². The molecule has 0 amide bonds. The lowest BCUT2D eigenvalue weighted by Crippen LogP contribution is -2.21. The lowest BCUT2D eigenvalue weighted by Gasteiger charge is -2.35. The van der Waals surface area contributed by atoms with Crippen molar-refractivity contribution in [3.63, 3.8) is 0 Å². The molecule has 0 aliphatic carbocycles. The molecular weight excluding hydrogens is 493 g/mol. The van der Waals surface area contributed by atoms with E-state index in [4.69, 9.17) is 0 Å². The molecule has 0 unspecified atom stereocenters. The van der Waals surface area contributed by atoms with Crippen molar-refractivity contribution in [1.29, 1.82) is 0 Å². The number of benzene rings is 4. The summed E-state index contributed by atoms with van der Waals surface area (Å²) in [7, 11) is -7.61. The fraction of sp³-hybridized carbons (Fsp3) is 0.111. The minimum atomic E-state index is -4.85. The maximum atomic E-state index is 13.8. The molecule has 0 radical (unpaired) electrons. The largest absolute Gasteiger partial charge is 0.422 e. The van der Waals surface area contributed by atoms with Crippen LogP contribution in [0.1, 0.15) is 18.1 Å². The molecule has 3 nitrogen and oxygen atoms in total. The molecule has 0 atom stereocenters. The molecule has 8 heteroatoms. The lowest BCUT2D eigenvalue weighted by atomic mass is 10.2. The van der Waals surface area contributed by atoms with E-state index < -0.39 is 37.1 Å². The minimum absolute atomic E-state index is 0.600. The Bertz CT molecular complexity index is 1350. The van der Waals surface area contributed by atoms with E-state index in [-0.39, 0.29) is 0 Å². The first-order chi connectivity index (χ1) is 16.7. The summed E-state index contributed by atoms with van der Waals surface area (Å²) in [4.78, 5) is 0.952. The second-order valence-corrected chi connectivity index (χ2v) is 12.3. The van der Waals surface area contributed by atoms with Crippen molar-refractivity contribution in [3.8, 4) is 0 Å². The van der Waals surface area contributed by atoms with Crippen LogP contribution in [0, 0.1) is 0 Å². The Morgan fingerprint density at radius 3 is 1.60 bits per heavy atom. The highest BCUT2D eigenvalue weighted by Gasteiger charge is 2.46. The molecule has 0 saturated heterocycles. The normalized spacial score (nSPS) is 12.9. The van der Waals surface area contributed by atoms with Crippen molar-refractivity contribution >= 4 is 20.4 Å². The first-order valence-corrected chi connectivity index (χ1v) is 13.9. The summed E-state index contributed by atoms with van der Waals surface area (Å²) >= 11 is 0. The maximum Gasteiger partial charge on any atom is 0.422 e. The van der Waals surface area contributed by atoms with E-state index in [1.165, 1.54) is 12.1 Å². The molecular formula is C27H24F3O3S2+. The van der Waals surface area contributed by atoms with E-state index >= 15 is 0 Å². The van der Waals surface area contributed by atoms with Gasteiger partial charge in [-0.2, -0.15) is 13.2 Å². The smallest absolute Gasteiger partial charge is 0.258 e. The van der Waals surface area contributed by atoms with Gasteiger partial charge in [0.2, 0.25) is 0 Å². The van der Waals surface area contributed by atoms with Gasteiger partial charge in [0.1, 0.15) is 0 Å². The Morgan fingerprint density at radius 1 is 0.657 bits per heavy atom. The molecule has 0 saturated carbocycles. The molecule has 0 fully saturated rings. The van der Waals surface area contributed by atoms with Crippen LogP contribution in [0.15, 0.2) is 129 Å². The molecule has 0 spiro atoms. The van der Waals surface area contributed by atoms with Crippen LogP contribution in [0.5, 0.6) is 0 Å². The van der Waals surface area contributed by atoms with Gasteiger partial charge in [-0.3, -0.25) is 3.63 Å². The summed E-state index contributed by atoms with van der Waals surface area (Å²) in [6, 6.07) is 29.4. The van der Waals surface area contributed by atoms with Gasteiger partial charge in [0.25, 0.3) is 0 Å². The van der Waals surface area contributed by atoms with Crippen molar-refractivity contribution in [1.82, 2.24) is 0 Å². The summed E-state index contributed by atoms with van der Waals surface area (Å²) in [5, 5.41) is 0. The zero-order chi connectivity index (χ0) is 25.1.